The van der Waals surface area contributed by atoms with Crippen LogP contribution in [-0.2, 0) is 19.1 Å². The summed E-state index contributed by atoms with van der Waals surface area (Å²) >= 11 is 0. The Labute approximate surface area is 152 Å². The van der Waals surface area contributed by atoms with Gasteiger partial charge in [-0.25, -0.2) is 4.79 Å². The second-order valence-corrected chi connectivity index (χ2v) is 6.43. The minimum Gasteiger partial charge on any atom is -0.466 e. The van der Waals surface area contributed by atoms with Gasteiger partial charge in [-0.05, 0) is 32.8 Å². The molecule has 1 fully saturated rings. The Balaban J connectivity index is 2.16. The van der Waals surface area contributed by atoms with Gasteiger partial charge in [-0.15, -0.1) is 0 Å². The SMILES string of the molecule is CCOC(=O)C1C(O)c2ccccc2OC1(C(=O)OCC)N1CCCC1. The molecule has 0 aliphatic carbocycles. The predicted octanol–water partition coefficient (Wildman–Crippen LogP) is 1.65. The van der Waals surface area contributed by atoms with Crippen molar-refractivity contribution in [3.8, 4) is 5.75 Å². The molecule has 3 unspecified atom stereocenters. The average molecular weight is 363 g/mol. The van der Waals surface area contributed by atoms with E-state index >= 15 is 0 Å². The van der Waals surface area contributed by atoms with Crippen molar-refractivity contribution in [2.24, 2.45) is 5.92 Å². The molecule has 1 aromatic rings. The van der Waals surface area contributed by atoms with Crippen LogP contribution in [0.25, 0.3) is 0 Å². The fourth-order valence-corrected chi connectivity index (χ4v) is 3.81. The summed E-state index contributed by atoms with van der Waals surface area (Å²) in [7, 11) is 0. The van der Waals surface area contributed by atoms with Crippen LogP contribution in [0.15, 0.2) is 24.3 Å². The van der Waals surface area contributed by atoms with Gasteiger partial charge in [-0.2, -0.15) is 0 Å². The molecule has 142 valence electrons. The number of ether oxygens (including phenoxy) is 3. The van der Waals surface area contributed by atoms with Crippen molar-refractivity contribution in [3.05, 3.63) is 29.8 Å². The third-order valence-corrected chi connectivity index (χ3v) is 4.92. The molecule has 26 heavy (non-hydrogen) atoms. The van der Waals surface area contributed by atoms with Crippen LogP contribution in [0, 0.1) is 5.92 Å². The highest BCUT2D eigenvalue weighted by molar-refractivity contribution is 5.89. The molecular formula is C19H25NO6. The predicted molar refractivity (Wildman–Crippen MR) is 92.3 cm³/mol. The lowest BCUT2D eigenvalue weighted by molar-refractivity contribution is -0.215. The second kappa shape index (κ2) is 7.63. The Hall–Kier alpha value is -2.12. The van der Waals surface area contributed by atoms with Crippen molar-refractivity contribution in [1.29, 1.82) is 0 Å². The highest BCUT2D eigenvalue weighted by Crippen LogP contribution is 2.47. The van der Waals surface area contributed by atoms with Crippen LogP contribution in [0.5, 0.6) is 5.75 Å². The van der Waals surface area contributed by atoms with Crippen LogP contribution in [0.3, 0.4) is 0 Å². The van der Waals surface area contributed by atoms with Crippen molar-refractivity contribution in [2.75, 3.05) is 26.3 Å². The number of likely N-dealkylation sites (tertiary alicyclic amines) is 1. The van der Waals surface area contributed by atoms with Gasteiger partial charge >= 0.3 is 11.9 Å². The van der Waals surface area contributed by atoms with Crippen LogP contribution < -0.4 is 4.74 Å². The van der Waals surface area contributed by atoms with Crippen LogP contribution in [0.4, 0.5) is 0 Å². The summed E-state index contributed by atoms with van der Waals surface area (Å²) in [6.07, 6.45) is 0.513. The summed E-state index contributed by atoms with van der Waals surface area (Å²) in [4.78, 5) is 27.7. The van der Waals surface area contributed by atoms with Crippen molar-refractivity contribution in [2.45, 2.75) is 38.5 Å². The van der Waals surface area contributed by atoms with E-state index in [0.717, 1.165) is 12.8 Å². The molecule has 2 aliphatic heterocycles. The Morgan fingerprint density at radius 3 is 2.50 bits per heavy atom. The summed E-state index contributed by atoms with van der Waals surface area (Å²) in [6, 6.07) is 6.88. The smallest absolute Gasteiger partial charge is 0.367 e. The molecule has 7 heteroatoms. The number of hydrogen-bond acceptors (Lipinski definition) is 7. The average Bonchev–Trinajstić information content (AvgIpc) is 3.17. The molecule has 3 atom stereocenters. The van der Waals surface area contributed by atoms with E-state index in [9.17, 15) is 14.7 Å². The summed E-state index contributed by atoms with van der Waals surface area (Å²) in [5, 5.41) is 11.0. The van der Waals surface area contributed by atoms with Gasteiger partial charge in [-0.3, -0.25) is 9.69 Å². The van der Waals surface area contributed by atoms with E-state index in [1.807, 2.05) is 0 Å². The first-order chi connectivity index (χ1) is 12.6. The monoisotopic (exact) mass is 363 g/mol. The summed E-state index contributed by atoms with van der Waals surface area (Å²) in [5.74, 6) is -2.20. The molecule has 0 saturated carbocycles. The van der Waals surface area contributed by atoms with Gasteiger partial charge in [0.15, 0.2) is 5.92 Å². The van der Waals surface area contributed by atoms with E-state index in [1.54, 1.807) is 43.0 Å². The number of hydrogen-bond donors (Lipinski definition) is 1. The van der Waals surface area contributed by atoms with Crippen molar-refractivity contribution in [3.63, 3.8) is 0 Å². The third-order valence-electron chi connectivity index (χ3n) is 4.92. The van der Waals surface area contributed by atoms with E-state index in [0.29, 0.717) is 24.4 Å². The lowest BCUT2D eigenvalue weighted by Crippen LogP contribution is -2.67. The number of para-hydroxylation sites is 1. The fraction of sp³-hybridized carbons (Fsp3) is 0.579. The largest absolute Gasteiger partial charge is 0.466 e. The summed E-state index contributed by atoms with van der Waals surface area (Å²) in [5.41, 5.74) is -1.27. The van der Waals surface area contributed by atoms with Crippen LogP contribution in [0.1, 0.15) is 38.4 Å². The Morgan fingerprint density at radius 1 is 1.19 bits per heavy atom. The minimum atomic E-state index is -1.73. The second-order valence-electron chi connectivity index (χ2n) is 6.43. The van der Waals surface area contributed by atoms with E-state index in [-0.39, 0.29) is 13.2 Å². The number of esters is 2. The van der Waals surface area contributed by atoms with Gasteiger partial charge in [-0.1, -0.05) is 18.2 Å². The number of rotatable bonds is 5. The van der Waals surface area contributed by atoms with Crippen molar-refractivity contribution >= 4 is 11.9 Å². The third kappa shape index (κ3) is 2.95. The first-order valence-corrected chi connectivity index (χ1v) is 9.11. The number of aliphatic hydroxyl groups excluding tert-OH is 1. The van der Waals surface area contributed by atoms with Crippen molar-refractivity contribution < 1.29 is 28.9 Å². The Bertz CT molecular complexity index is 672. The van der Waals surface area contributed by atoms with Crippen LogP contribution in [-0.4, -0.2) is 54.0 Å². The molecule has 0 spiro atoms. The number of aliphatic hydroxyl groups is 1. The number of fused-ring (bicyclic) bond motifs is 1. The standard InChI is InChI=1S/C19H25NO6/c1-3-24-17(22)15-16(21)13-9-5-6-10-14(13)26-19(15,18(23)25-4-2)20-11-7-8-12-20/h5-6,9-10,15-16,21H,3-4,7-8,11-12H2,1-2H3. The first kappa shape index (κ1) is 18.7. The zero-order valence-electron chi connectivity index (χ0n) is 15.1. The van der Waals surface area contributed by atoms with Gasteiger partial charge in [0.1, 0.15) is 11.9 Å². The Kier molecular flexibility index (Phi) is 5.48. The Morgan fingerprint density at radius 2 is 1.85 bits per heavy atom. The zero-order chi connectivity index (χ0) is 18.7. The van der Waals surface area contributed by atoms with Gasteiger partial charge in [0.25, 0.3) is 5.72 Å². The van der Waals surface area contributed by atoms with Crippen LogP contribution >= 0.6 is 0 Å². The number of nitrogens with zero attached hydrogens (tertiary/aromatic N) is 1. The zero-order valence-corrected chi connectivity index (χ0v) is 15.1. The fourth-order valence-electron chi connectivity index (χ4n) is 3.81. The molecule has 0 radical (unpaired) electrons. The van der Waals surface area contributed by atoms with Gasteiger partial charge < -0.3 is 19.3 Å². The van der Waals surface area contributed by atoms with E-state index in [2.05, 4.69) is 0 Å². The number of benzene rings is 1. The molecule has 2 heterocycles. The molecule has 0 aromatic heterocycles. The molecule has 3 rings (SSSR count). The molecule has 7 nitrogen and oxygen atoms in total. The van der Waals surface area contributed by atoms with E-state index in [4.69, 9.17) is 14.2 Å². The van der Waals surface area contributed by atoms with Gasteiger partial charge in [0.05, 0.1) is 13.2 Å². The molecule has 1 N–H and O–H groups in total. The molecule has 1 aromatic carbocycles. The van der Waals surface area contributed by atoms with Gasteiger partial charge in [0, 0.05) is 18.7 Å². The molecule has 0 amide bonds. The maximum absolute atomic E-state index is 13.1. The molecular weight excluding hydrogens is 338 g/mol. The first-order valence-electron chi connectivity index (χ1n) is 9.11. The van der Waals surface area contributed by atoms with Crippen molar-refractivity contribution in [1.82, 2.24) is 4.90 Å². The molecule has 0 bridgehead atoms. The van der Waals surface area contributed by atoms with E-state index in [1.165, 1.54) is 0 Å². The van der Waals surface area contributed by atoms with E-state index < -0.39 is 29.7 Å². The molecule has 2 aliphatic rings. The molecule has 1 saturated heterocycles. The maximum atomic E-state index is 13.1. The quantitative estimate of drug-likeness (QED) is 0.796. The normalized spacial score (nSPS) is 28.1. The van der Waals surface area contributed by atoms with Gasteiger partial charge in [0.2, 0.25) is 0 Å². The number of carbonyl (C=O) groups excluding carboxylic acids is 2. The minimum absolute atomic E-state index is 0.141. The summed E-state index contributed by atoms with van der Waals surface area (Å²) < 4.78 is 16.7. The lowest BCUT2D eigenvalue weighted by atomic mass is 9.82. The highest BCUT2D eigenvalue weighted by atomic mass is 16.6. The number of carbonyl (C=O) groups is 2. The lowest BCUT2D eigenvalue weighted by Gasteiger charge is -2.47. The maximum Gasteiger partial charge on any atom is 0.367 e. The van der Waals surface area contributed by atoms with Crippen LogP contribution in [0.2, 0.25) is 0 Å². The summed E-state index contributed by atoms with van der Waals surface area (Å²) in [6.45, 7) is 4.81. The highest BCUT2D eigenvalue weighted by Gasteiger charge is 2.63. The topological polar surface area (TPSA) is 85.3 Å².